The minimum atomic E-state index is -0.409. The highest BCUT2D eigenvalue weighted by Crippen LogP contribution is 2.24. The van der Waals surface area contributed by atoms with E-state index >= 15 is 0 Å². The molecule has 0 fully saturated rings. The average molecular weight is 175 g/mol. The van der Waals surface area contributed by atoms with Gasteiger partial charge in [0.2, 0.25) is 0 Å². The van der Waals surface area contributed by atoms with Crippen LogP contribution in [0.3, 0.4) is 0 Å². The van der Waals surface area contributed by atoms with E-state index in [4.69, 9.17) is 5.73 Å². The van der Waals surface area contributed by atoms with Crippen molar-refractivity contribution >= 4 is 0 Å². The molecule has 0 aromatic heterocycles. The maximum Gasteiger partial charge on any atom is 0.0591 e. The van der Waals surface area contributed by atoms with E-state index in [1.807, 2.05) is 13.8 Å². The lowest BCUT2D eigenvalue weighted by Crippen LogP contribution is -2.33. The summed E-state index contributed by atoms with van der Waals surface area (Å²) >= 11 is 0. The van der Waals surface area contributed by atoms with Crippen molar-refractivity contribution in [3.8, 4) is 0 Å². The Hall–Kier alpha value is -1.08. The van der Waals surface area contributed by atoms with Crippen molar-refractivity contribution in [1.82, 2.24) is 0 Å². The van der Waals surface area contributed by atoms with Crippen molar-refractivity contribution in [3.63, 3.8) is 0 Å². The minimum absolute atomic E-state index is 0.409. The number of hydrogen-bond acceptors (Lipinski definition) is 1. The quantitative estimate of drug-likeness (QED) is 0.687. The first kappa shape index (κ1) is 10.0. The summed E-state index contributed by atoms with van der Waals surface area (Å²) in [4.78, 5) is 0. The monoisotopic (exact) mass is 175 g/mol. The van der Waals surface area contributed by atoms with Crippen LogP contribution in [-0.2, 0) is 5.54 Å². The van der Waals surface area contributed by atoms with Crippen LogP contribution < -0.4 is 5.73 Å². The molecular formula is C12H17N. The molecule has 13 heavy (non-hydrogen) atoms. The van der Waals surface area contributed by atoms with E-state index < -0.39 is 5.54 Å². The van der Waals surface area contributed by atoms with Gasteiger partial charge in [-0.2, -0.15) is 0 Å². The average Bonchev–Trinajstić information content (AvgIpc) is 2.04. The fourth-order valence-electron chi connectivity index (χ4n) is 1.15. The number of hydrogen-bond donors (Lipinski definition) is 1. The topological polar surface area (TPSA) is 26.0 Å². The van der Waals surface area contributed by atoms with Crippen LogP contribution in [0.4, 0.5) is 0 Å². The minimum Gasteiger partial charge on any atom is -0.318 e. The second-order valence-electron chi connectivity index (χ2n) is 3.85. The van der Waals surface area contributed by atoms with Crippen LogP contribution in [-0.4, -0.2) is 0 Å². The Morgan fingerprint density at radius 2 is 1.77 bits per heavy atom. The Morgan fingerprint density at radius 3 is 2.15 bits per heavy atom. The second-order valence-corrected chi connectivity index (χ2v) is 3.85. The molecule has 0 radical (unpaired) electrons. The van der Waals surface area contributed by atoms with Gasteiger partial charge in [0, 0.05) is 0 Å². The van der Waals surface area contributed by atoms with E-state index in [1.54, 1.807) is 0 Å². The molecule has 0 saturated heterocycles. The fraction of sp³-hybridized carbons (Fsp3) is 0.333. The zero-order chi connectivity index (χ0) is 10.1. The van der Waals surface area contributed by atoms with Gasteiger partial charge >= 0.3 is 0 Å². The van der Waals surface area contributed by atoms with Gasteiger partial charge in [-0.3, -0.25) is 0 Å². The molecule has 1 atom stereocenters. The Morgan fingerprint density at radius 1 is 1.31 bits per heavy atom. The van der Waals surface area contributed by atoms with E-state index in [2.05, 4.69) is 37.8 Å². The molecule has 0 amide bonds. The van der Waals surface area contributed by atoms with E-state index in [-0.39, 0.29) is 0 Å². The van der Waals surface area contributed by atoms with Gasteiger partial charge in [0.05, 0.1) is 5.54 Å². The van der Waals surface area contributed by atoms with Crippen LogP contribution >= 0.6 is 0 Å². The number of aryl methyl sites for hydroxylation is 1. The van der Waals surface area contributed by atoms with Gasteiger partial charge in [-0.15, -0.1) is 0 Å². The molecule has 0 aliphatic carbocycles. The molecule has 70 valence electrons. The van der Waals surface area contributed by atoms with Crippen molar-refractivity contribution in [3.05, 3.63) is 47.5 Å². The summed E-state index contributed by atoms with van der Waals surface area (Å²) in [6, 6.07) is 8.26. The first-order valence-electron chi connectivity index (χ1n) is 4.46. The summed E-state index contributed by atoms with van der Waals surface area (Å²) in [6.07, 6.45) is 0. The fourth-order valence-corrected chi connectivity index (χ4v) is 1.15. The summed E-state index contributed by atoms with van der Waals surface area (Å²) in [7, 11) is 0. The molecule has 1 heteroatoms. The molecule has 0 aliphatic heterocycles. The van der Waals surface area contributed by atoms with Crippen molar-refractivity contribution in [2.75, 3.05) is 0 Å². The van der Waals surface area contributed by atoms with Crippen molar-refractivity contribution in [2.45, 2.75) is 26.3 Å². The largest absolute Gasteiger partial charge is 0.318 e. The lowest BCUT2D eigenvalue weighted by Gasteiger charge is -2.25. The molecular weight excluding hydrogens is 158 g/mol. The van der Waals surface area contributed by atoms with Crippen LogP contribution in [0, 0.1) is 6.92 Å². The summed E-state index contributed by atoms with van der Waals surface area (Å²) in [6.45, 7) is 9.91. The molecule has 1 aromatic carbocycles. The van der Waals surface area contributed by atoms with Crippen LogP contribution in [0.5, 0.6) is 0 Å². The first-order valence-corrected chi connectivity index (χ1v) is 4.46. The van der Waals surface area contributed by atoms with Gasteiger partial charge in [0.15, 0.2) is 0 Å². The third-order valence-corrected chi connectivity index (χ3v) is 2.54. The SMILES string of the molecule is C=C(C)C(C)(N)c1ccc(C)cc1. The molecule has 0 heterocycles. The van der Waals surface area contributed by atoms with Crippen LogP contribution in [0.15, 0.2) is 36.4 Å². The van der Waals surface area contributed by atoms with Crippen LogP contribution in [0.1, 0.15) is 25.0 Å². The van der Waals surface area contributed by atoms with Gasteiger partial charge < -0.3 is 5.73 Å². The first-order chi connectivity index (χ1) is 5.94. The standard InChI is InChI=1S/C12H17N/c1-9(2)12(4,13)11-7-5-10(3)6-8-11/h5-8H,1,13H2,2-4H3. The van der Waals surface area contributed by atoms with Crippen molar-refractivity contribution < 1.29 is 0 Å². The highest BCUT2D eigenvalue weighted by molar-refractivity contribution is 5.33. The number of rotatable bonds is 2. The van der Waals surface area contributed by atoms with Gasteiger partial charge in [-0.25, -0.2) is 0 Å². The molecule has 2 N–H and O–H groups in total. The highest BCUT2D eigenvalue weighted by Gasteiger charge is 2.21. The lowest BCUT2D eigenvalue weighted by molar-refractivity contribution is 0.589. The Kier molecular flexibility index (Phi) is 2.58. The van der Waals surface area contributed by atoms with Crippen LogP contribution in [0.2, 0.25) is 0 Å². The molecule has 0 aliphatic rings. The zero-order valence-corrected chi connectivity index (χ0v) is 8.59. The molecule has 0 spiro atoms. The summed E-state index contributed by atoms with van der Waals surface area (Å²) in [5, 5.41) is 0. The molecule has 1 aromatic rings. The highest BCUT2D eigenvalue weighted by atomic mass is 14.7. The molecule has 0 bridgehead atoms. The van der Waals surface area contributed by atoms with E-state index in [9.17, 15) is 0 Å². The van der Waals surface area contributed by atoms with Gasteiger partial charge in [-0.05, 0) is 26.3 Å². The normalized spacial score (nSPS) is 15.1. The maximum absolute atomic E-state index is 6.13. The van der Waals surface area contributed by atoms with Crippen LogP contribution in [0.25, 0.3) is 0 Å². The van der Waals surface area contributed by atoms with E-state index in [0.717, 1.165) is 11.1 Å². The Bertz CT molecular complexity index is 306. The predicted molar refractivity (Wildman–Crippen MR) is 57.5 cm³/mol. The third kappa shape index (κ3) is 1.99. The molecule has 1 unspecified atom stereocenters. The maximum atomic E-state index is 6.13. The van der Waals surface area contributed by atoms with Crippen molar-refractivity contribution in [1.29, 1.82) is 0 Å². The molecule has 0 saturated carbocycles. The van der Waals surface area contributed by atoms with Gasteiger partial charge in [-0.1, -0.05) is 42.0 Å². The zero-order valence-electron chi connectivity index (χ0n) is 8.59. The summed E-state index contributed by atoms with van der Waals surface area (Å²) in [5.41, 5.74) is 9.07. The molecule has 1 rings (SSSR count). The van der Waals surface area contributed by atoms with Gasteiger partial charge in [0.1, 0.15) is 0 Å². The smallest absolute Gasteiger partial charge is 0.0591 e. The number of nitrogens with two attached hydrogens (primary N) is 1. The van der Waals surface area contributed by atoms with Gasteiger partial charge in [0.25, 0.3) is 0 Å². The second kappa shape index (κ2) is 3.35. The number of benzene rings is 1. The third-order valence-electron chi connectivity index (χ3n) is 2.54. The summed E-state index contributed by atoms with van der Waals surface area (Å²) < 4.78 is 0. The van der Waals surface area contributed by atoms with E-state index in [0.29, 0.717) is 0 Å². The summed E-state index contributed by atoms with van der Waals surface area (Å²) in [5.74, 6) is 0. The molecule has 1 nitrogen and oxygen atoms in total. The predicted octanol–water partition coefficient (Wildman–Crippen LogP) is 2.75. The lowest BCUT2D eigenvalue weighted by atomic mass is 9.87. The Labute approximate surface area is 80.3 Å². The van der Waals surface area contributed by atoms with Crippen molar-refractivity contribution in [2.24, 2.45) is 5.73 Å². The van der Waals surface area contributed by atoms with E-state index in [1.165, 1.54) is 5.56 Å². The Balaban J connectivity index is 3.08.